The first-order chi connectivity index (χ1) is 10.5. The molecule has 7 heteroatoms. The minimum atomic E-state index is -1.07. The average molecular weight is 303 g/mol. The Hall–Kier alpha value is -2.57. The minimum absolute atomic E-state index is 0.165. The predicted octanol–water partition coefficient (Wildman–Crippen LogP) is 1.95. The van der Waals surface area contributed by atoms with E-state index in [2.05, 4.69) is 9.97 Å². The van der Waals surface area contributed by atoms with Crippen LogP contribution in [0.3, 0.4) is 0 Å². The van der Waals surface area contributed by atoms with E-state index < -0.39 is 12.0 Å². The van der Waals surface area contributed by atoms with Crippen LogP contribution in [0.15, 0.2) is 22.9 Å². The zero-order valence-corrected chi connectivity index (χ0v) is 12.4. The van der Waals surface area contributed by atoms with Gasteiger partial charge in [-0.05, 0) is 6.07 Å². The van der Waals surface area contributed by atoms with Gasteiger partial charge in [0, 0.05) is 24.4 Å². The quantitative estimate of drug-likeness (QED) is 0.902. The van der Waals surface area contributed by atoms with Gasteiger partial charge in [0.1, 0.15) is 17.3 Å². The summed E-state index contributed by atoms with van der Waals surface area (Å²) in [5.41, 5.74) is 0.845. The van der Waals surface area contributed by atoms with Crippen molar-refractivity contribution in [2.24, 2.45) is 0 Å². The number of nitrogens with zero attached hydrogens (tertiary/aromatic N) is 2. The summed E-state index contributed by atoms with van der Waals surface area (Å²) in [6.45, 7) is 4.23. The van der Waals surface area contributed by atoms with Crippen LogP contribution in [0.2, 0.25) is 0 Å². The molecular formula is C15H17N3O4. The van der Waals surface area contributed by atoms with E-state index in [1.54, 1.807) is 6.07 Å². The number of furan rings is 1. The van der Waals surface area contributed by atoms with Crippen molar-refractivity contribution in [3.05, 3.63) is 41.4 Å². The van der Waals surface area contributed by atoms with Crippen molar-refractivity contribution in [3.63, 3.8) is 0 Å². The maximum atomic E-state index is 12.6. The Morgan fingerprint density at radius 2 is 2.27 bits per heavy atom. The van der Waals surface area contributed by atoms with E-state index in [-0.39, 0.29) is 11.8 Å². The first-order valence-electron chi connectivity index (χ1n) is 7.14. The van der Waals surface area contributed by atoms with Crippen LogP contribution in [0.4, 0.5) is 0 Å². The molecule has 2 aromatic heterocycles. The van der Waals surface area contributed by atoms with E-state index in [1.165, 1.54) is 17.4 Å². The number of H-pyrrole nitrogens is 1. The first-order valence-corrected chi connectivity index (χ1v) is 7.14. The molecule has 0 fully saturated rings. The van der Waals surface area contributed by atoms with E-state index >= 15 is 0 Å². The SMILES string of the molecule is CC(C)c1ncc(C(=O)N2CCc3occc3C2C(=O)O)[nH]1. The zero-order valence-electron chi connectivity index (χ0n) is 12.4. The highest BCUT2D eigenvalue weighted by Gasteiger charge is 2.38. The number of rotatable bonds is 3. The third kappa shape index (κ3) is 2.28. The van der Waals surface area contributed by atoms with Gasteiger partial charge in [-0.15, -0.1) is 0 Å². The molecule has 2 aromatic rings. The molecule has 1 unspecified atom stereocenters. The van der Waals surface area contributed by atoms with Gasteiger partial charge >= 0.3 is 5.97 Å². The van der Waals surface area contributed by atoms with Crippen molar-refractivity contribution < 1.29 is 19.1 Å². The van der Waals surface area contributed by atoms with Crippen LogP contribution < -0.4 is 0 Å². The number of aromatic amines is 1. The molecule has 22 heavy (non-hydrogen) atoms. The van der Waals surface area contributed by atoms with Gasteiger partial charge in [-0.2, -0.15) is 0 Å². The van der Waals surface area contributed by atoms with Crippen molar-refractivity contribution in [1.29, 1.82) is 0 Å². The number of nitrogens with one attached hydrogen (secondary N) is 1. The lowest BCUT2D eigenvalue weighted by atomic mass is 9.99. The lowest BCUT2D eigenvalue weighted by Crippen LogP contribution is -2.43. The fourth-order valence-corrected chi connectivity index (χ4v) is 2.69. The molecule has 0 saturated carbocycles. The Bertz CT molecular complexity index is 716. The molecule has 0 saturated heterocycles. The van der Waals surface area contributed by atoms with Crippen molar-refractivity contribution in [2.45, 2.75) is 32.2 Å². The Balaban J connectivity index is 1.92. The van der Waals surface area contributed by atoms with Crippen LogP contribution in [0.1, 0.15) is 53.4 Å². The highest BCUT2D eigenvalue weighted by atomic mass is 16.4. The molecule has 1 amide bonds. The van der Waals surface area contributed by atoms with E-state index in [4.69, 9.17) is 4.42 Å². The molecule has 0 aromatic carbocycles. The number of carbonyl (C=O) groups excluding carboxylic acids is 1. The number of carboxylic acid groups (broad SMARTS) is 1. The lowest BCUT2D eigenvalue weighted by molar-refractivity contribution is -0.143. The van der Waals surface area contributed by atoms with Crippen LogP contribution >= 0.6 is 0 Å². The van der Waals surface area contributed by atoms with Gasteiger partial charge < -0.3 is 19.4 Å². The number of carboxylic acids is 1. The minimum Gasteiger partial charge on any atom is -0.479 e. The normalized spacial score (nSPS) is 17.6. The highest BCUT2D eigenvalue weighted by Crippen LogP contribution is 2.31. The van der Waals surface area contributed by atoms with Crippen LogP contribution in [-0.4, -0.2) is 38.4 Å². The molecule has 0 aliphatic carbocycles. The smallest absolute Gasteiger partial charge is 0.331 e. The summed E-state index contributed by atoms with van der Waals surface area (Å²) in [5.74, 6) is 0.0665. The van der Waals surface area contributed by atoms with E-state index in [1.807, 2.05) is 13.8 Å². The summed E-state index contributed by atoms with van der Waals surface area (Å²) in [6.07, 6.45) is 3.42. The fraction of sp³-hybridized carbons (Fsp3) is 0.400. The van der Waals surface area contributed by atoms with Gasteiger partial charge in [-0.25, -0.2) is 9.78 Å². The summed E-state index contributed by atoms with van der Waals surface area (Å²) in [6, 6.07) is 0.584. The molecule has 1 aliphatic rings. The lowest BCUT2D eigenvalue weighted by Gasteiger charge is -2.32. The monoisotopic (exact) mass is 303 g/mol. The molecule has 0 radical (unpaired) electrons. The van der Waals surface area contributed by atoms with Crippen molar-refractivity contribution in [2.75, 3.05) is 6.54 Å². The zero-order chi connectivity index (χ0) is 15.9. The molecule has 7 nitrogen and oxygen atoms in total. The number of amides is 1. The van der Waals surface area contributed by atoms with Crippen LogP contribution in [0.25, 0.3) is 0 Å². The molecule has 3 heterocycles. The Labute approximate surface area is 127 Å². The Morgan fingerprint density at radius 3 is 2.91 bits per heavy atom. The van der Waals surface area contributed by atoms with Crippen LogP contribution in [-0.2, 0) is 11.2 Å². The molecule has 2 N–H and O–H groups in total. The third-order valence-electron chi connectivity index (χ3n) is 3.83. The Kier molecular flexibility index (Phi) is 3.48. The van der Waals surface area contributed by atoms with Crippen molar-refractivity contribution in [3.8, 4) is 0 Å². The van der Waals surface area contributed by atoms with E-state index in [0.29, 0.717) is 35.8 Å². The first kappa shape index (κ1) is 14.4. The van der Waals surface area contributed by atoms with Crippen LogP contribution in [0.5, 0.6) is 0 Å². The summed E-state index contributed by atoms with van der Waals surface area (Å²) >= 11 is 0. The summed E-state index contributed by atoms with van der Waals surface area (Å²) in [4.78, 5) is 32.7. The average Bonchev–Trinajstić information content (AvgIpc) is 3.13. The summed E-state index contributed by atoms with van der Waals surface area (Å²) < 4.78 is 5.28. The molecule has 1 aliphatic heterocycles. The maximum absolute atomic E-state index is 12.6. The second-order valence-electron chi connectivity index (χ2n) is 5.63. The standard InChI is InChI=1S/C15H17N3O4/c1-8(2)13-16-7-10(17-13)14(19)18-5-3-11-9(4-6-22-11)12(18)15(20)21/h4,6-8,12H,3,5H2,1-2H3,(H,16,17)(H,20,21). The van der Waals surface area contributed by atoms with Gasteiger partial charge in [0.2, 0.25) is 0 Å². The largest absolute Gasteiger partial charge is 0.479 e. The number of imidazole rings is 1. The van der Waals surface area contributed by atoms with Gasteiger partial charge in [0.25, 0.3) is 5.91 Å². The summed E-state index contributed by atoms with van der Waals surface area (Å²) in [5, 5.41) is 9.50. The molecule has 0 bridgehead atoms. The number of carbonyl (C=O) groups is 2. The second-order valence-corrected chi connectivity index (χ2v) is 5.63. The van der Waals surface area contributed by atoms with Gasteiger partial charge in [0.05, 0.1) is 12.5 Å². The van der Waals surface area contributed by atoms with Gasteiger partial charge in [-0.1, -0.05) is 13.8 Å². The number of aromatic nitrogens is 2. The molecular weight excluding hydrogens is 286 g/mol. The maximum Gasteiger partial charge on any atom is 0.331 e. The van der Waals surface area contributed by atoms with Gasteiger partial charge in [-0.3, -0.25) is 4.79 Å². The molecule has 3 rings (SSSR count). The fourth-order valence-electron chi connectivity index (χ4n) is 2.69. The number of fused-ring (bicyclic) bond motifs is 1. The number of hydrogen-bond donors (Lipinski definition) is 2. The van der Waals surface area contributed by atoms with Crippen molar-refractivity contribution in [1.82, 2.24) is 14.9 Å². The molecule has 0 spiro atoms. The predicted molar refractivity (Wildman–Crippen MR) is 76.5 cm³/mol. The Morgan fingerprint density at radius 1 is 1.50 bits per heavy atom. The van der Waals surface area contributed by atoms with Crippen LogP contribution in [0, 0.1) is 0 Å². The molecule has 1 atom stereocenters. The van der Waals surface area contributed by atoms with Crippen molar-refractivity contribution >= 4 is 11.9 Å². The molecule has 116 valence electrons. The van der Waals surface area contributed by atoms with E-state index in [0.717, 1.165) is 0 Å². The topological polar surface area (TPSA) is 99.4 Å². The second kappa shape index (κ2) is 5.32. The third-order valence-corrected chi connectivity index (χ3v) is 3.83. The van der Waals surface area contributed by atoms with E-state index in [9.17, 15) is 14.7 Å². The highest BCUT2D eigenvalue weighted by molar-refractivity contribution is 5.95. The van der Waals surface area contributed by atoms with Gasteiger partial charge in [0.15, 0.2) is 6.04 Å². The number of hydrogen-bond acceptors (Lipinski definition) is 4. The summed E-state index contributed by atoms with van der Waals surface area (Å²) in [7, 11) is 0. The number of aliphatic carboxylic acids is 1.